The minimum absolute atomic E-state index is 0.0389. The van der Waals surface area contributed by atoms with E-state index in [0.29, 0.717) is 12.2 Å². The van der Waals surface area contributed by atoms with Crippen molar-refractivity contribution in [2.45, 2.75) is 25.8 Å². The molecule has 1 N–H and O–H groups in total. The molecule has 26 heavy (non-hydrogen) atoms. The average Bonchev–Trinajstić information content (AvgIpc) is 3.11. The van der Waals surface area contributed by atoms with Gasteiger partial charge < -0.3 is 19.1 Å². The van der Waals surface area contributed by atoms with Crippen molar-refractivity contribution in [3.8, 4) is 17.2 Å². The van der Waals surface area contributed by atoms with Crippen molar-refractivity contribution in [2.24, 2.45) is 0 Å². The lowest BCUT2D eigenvalue weighted by atomic mass is 9.87. The maximum Gasteiger partial charge on any atom is 0.231 e. The molecule has 2 aromatic carbocycles. The van der Waals surface area contributed by atoms with E-state index in [-0.39, 0.29) is 18.6 Å². The van der Waals surface area contributed by atoms with Crippen LogP contribution in [0.1, 0.15) is 39.5 Å². The molecule has 0 radical (unpaired) electrons. The Morgan fingerprint density at radius 3 is 2.77 bits per heavy atom. The molecule has 2 heterocycles. The first-order valence-corrected chi connectivity index (χ1v) is 9.00. The summed E-state index contributed by atoms with van der Waals surface area (Å²) in [5, 5.41) is 0. The van der Waals surface area contributed by atoms with E-state index in [1.165, 1.54) is 10.5 Å². The highest BCUT2D eigenvalue weighted by molar-refractivity contribution is 5.96. The van der Waals surface area contributed by atoms with Gasteiger partial charge in [0.25, 0.3) is 0 Å². The number of hydrogen-bond donors (Lipinski definition) is 1. The number of carbonyl (C=O) groups is 1. The fourth-order valence-electron chi connectivity index (χ4n) is 3.94. The van der Waals surface area contributed by atoms with Gasteiger partial charge in [-0.15, -0.1) is 0 Å². The third kappa shape index (κ3) is 2.82. The summed E-state index contributed by atoms with van der Waals surface area (Å²) in [4.78, 5) is 14.2. The van der Waals surface area contributed by atoms with Crippen LogP contribution in [0.5, 0.6) is 17.2 Å². The van der Waals surface area contributed by atoms with Gasteiger partial charge in [0, 0.05) is 12.0 Å². The van der Waals surface area contributed by atoms with Crippen LogP contribution in [-0.4, -0.2) is 33.3 Å². The second kappa shape index (κ2) is 6.65. The lowest BCUT2D eigenvalue weighted by molar-refractivity contribution is -0.913. The Balaban J connectivity index is 1.71. The van der Waals surface area contributed by atoms with Gasteiger partial charge in [-0.05, 0) is 18.6 Å². The van der Waals surface area contributed by atoms with E-state index in [4.69, 9.17) is 14.2 Å². The van der Waals surface area contributed by atoms with E-state index in [1.807, 2.05) is 31.2 Å². The first-order valence-electron chi connectivity index (χ1n) is 9.00. The zero-order valence-corrected chi connectivity index (χ0v) is 15.4. The number of ether oxygens (including phenoxy) is 3. The molecule has 2 atom stereocenters. The Morgan fingerprint density at radius 1 is 1.27 bits per heavy atom. The second-order valence-electron chi connectivity index (χ2n) is 7.11. The predicted octanol–water partition coefficient (Wildman–Crippen LogP) is 2.12. The summed E-state index contributed by atoms with van der Waals surface area (Å²) < 4.78 is 16.9. The van der Waals surface area contributed by atoms with Crippen molar-refractivity contribution < 1.29 is 23.9 Å². The quantitative estimate of drug-likeness (QED) is 0.855. The minimum atomic E-state index is 0.0389. The molecule has 2 aliphatic rings. The molecule has 2 aliphatic heterocycles. The summed E-state index contributed by atoms with van der Waals surface area (Å²) in [5.41, 5.74) is 4.19. The van der Waals surface area contributed by atoms with E-state index in [9.17, 15) is 4.79 Å². The molecule has 0 aromatic heterocycles. The number of ketones is 1. The van der Waals surface area contributed by atoms with Gasteiger partial charge in [0.15, 0.2) is 17.3 Å². The maximum absolute atomic E-state index is 12.9. The molecule has 1 unspecified atom stereocenters. The molecule has 0 saturated carbocycles. The number of likely N-dealkylation sites (N-methyl/N-ethyl adjacent to an activating group) is 1. The van der Waals surface area contributed by atoms with Gasteiger partial charge in [0.05, 0.1) is 32.7 Å². The molecule has 136 valence electrons. The highest BCUT2D eigenvalue weighted by Gasteiger charge is 2.37. The van der Waals surface area contributed by atoms with Gasteiger partial charge in [-0.25, -0.2) is 0 Å². The number of methoxy groups -OCH3 is 1. The highest BCUT2D eigenvalue weighted by atomic mass is 16.7. The van der Waals surface area contributed by atoms with Gasteiger partial charge in [0.2, 0.25) is 12.5 Å². The average molecular weight is 354 g/mol. The molecule has 5 heteroatoms. The van der Waals surface area contributed by atoms with Crippen molar-refractivity contribution in [2.75, 3.05) is 27.5 Å². The summed E-state index contributed by atoms with van der Waals surface area (Å²) in [6.07, 6.45) is 1.38. The summed E-state index contributed by atoms with van der Waals surface area (Å²) in [5.74, 6) is 2.27. The van der Waals surface area contributed by atoms with E-state index < -0.39 is 0 Å². The van der Waals surface area contributed by atoms with Crippen molar-refractivity contribution in [1.29, 1.82) is 0 Å². The second-order valence-corrected chi connectivity index (χ2v) is 7.11. The van der Waals surface area contributed by atoms with E-state index in [0.717, 1.165) is 41.2 Å². The van der Waals surface area contributed by atoms with Crippen molar-refractivity contribution in [1.82, 2.24) is 0 Å². The Hall–Kier alpha value is -2.53. The van der Waals surface area contributed by atoms with E-state index >= 15 is 0 Å². The lowest BCUT2D eigenvalue weighted by Gasteiger charge is -2.32. The number of aryl methyl sites for hydroxylation is 1. The topological polar surface area (TPSA) is 49.2 Å². The molecule has 0 amide bonds. The number of Topliss-reactive ketones (excluding diaryl/α,β-unsaturated/α-hetero) is 1. The zero-order chi connectivity index (χ0) is 18.3. The number of carbonyl (C=O) groups excluding carboxylic acids is 1. The predicted molar refractivity (Wildman–Crippen MR) is 97.4 cm³/mol. The van der Waals surface area contributed by atoms with Crippen LogP contribution in [0, 0.1) is 6.92 Å². The first kappa shape index (κ1) is 16.9. The van der Waals surface area contributed by atoms with Crippen LogP contribution >= 0.6 is 0 Å². The normalized spacial score (nSPS) is 20.6. The number of nitrogens with one attached hydrogen (secondary N) is 1. The largest absolute Gasteiger partial charge is 0.492 e. The van der Waals surface area contributed by atoms with E-state index in [2.05, 4.69) is 13.1 Å². The van der Waals surface area contributed by atoms with Crippen molar-refractivity contribution >= 4 is 5.78 Å². The summed E-state index contributed by atoms with van der Waals surface area (Å²) in [7, 11) is 3.79. The summed E-state index contributed by atoms with van der Waals surface area (Å²) >= 11 is 0. The summed E-state index contributed by atoms with van der Waals surface area (Å²) in [6, 6.07) is 9.88. The van der Waals surface area contributed by atoms with Gasteiger partial charge in [0.1, 0.15) is 6.04 Å². The van der Waals surface area contributed by atoms with Crippen LogP contribution < -0.4 is 19.1 Å². The highest BCUT2D eigenvalue weighted by Crippen LogP contribution is 2.47. The molecular formula is C21H24NO4+. The molecule has 0 fully saturated rings. The number of quaternary nitrogens is 1. The molecule has 4 rings (SSSR count). The van der Waals surface area contributed by atoms with Crippen molar-refractivity contribution in [3.05, 3.63) is 52.6 Å². The van der Waals surface area contributed by atoms with Crippen LogP contribution in [0.2, 0.25) is 0 Å². The Labute approximate surface area is 153 Å². The van der Waals surface area contributed by atoms with Crippen LogP contribution in [0.3, 0.4) is 0 Å². The molecule has 0 spiro atoms. The van der Waals surface area contributed by atoms with Gasteiger partial charge >= 0.3 is 0 Å². The van der Waals surface area contributed by atoms with Gasteiger partial charge in [-0.1, -0.05) is 29.8 Å². The Kier molecular flexibility index (Phi) is 4.32. The zero-order valence-electron chi connectivity index (χ0n) is 15.4. The first-order chi connectivity index (χ1) is 12.6. The monoisotopic (exact) mass is 354 g/mol. The minimum Gasteiger partial charge on any atom is -0.492 e. The van der Waals surface area contributed by atoms with Crippen LogP contribution in [0.15, 0.2) is 30.3 Å². The van der Waals surface area contributed by atoms with Crippen LogP contribution in [-0.2, 0) is 6.42 Å². The van der Waals surface area contributed by atoms with E-state index in [1.54, 1.807) is 7.11 Å². The van der Waals surface area contributed by atoms with Crippen LogP contribution in [0.25, 0.3) is 0 Å². The lowest BCUT2D eigenvalue weighted by Crippen LogP contribution is -3.10. The maximum atomic E-state index is 12.9. The van der Waals surface area contributed by atoms with Gasteiger partial charge in [-0.3, -0.25) is 4.79 Å². The molecule has 0 aliphatic carbocycles. The Morgan fingerprint density at radius 2 is 2.04 bits per heavy atom. The molecule has 0 saturated heterocycles. The number of rotatable bonds is 4. The third-order valence-electron chi connectivity index (χ3n) is 5.44. The van der Waals surface area contributed by atoms with Gasteiger partial charge in [-0.2, -0.15) is 0 Å². The molecule has 0 bridgehead atoms. The standard InChI is InChI=1S/C21H23NO4/c1-13-4-6-14(7-5-13)17(23)11-16-19-15(8-9-22(16)2)10-18-20(21(19)24-3)26-12-25-18/h4-7,10,16H,8-9,11-12H2,1-3H3/p+1/t16-/m0/s1. The number of hydrogen-bond acceptors (Lipinski definition) is 4. The fraction of sp³-hybridized carbons (Fsp3) is 0.381. The number of fused-ring (bicyclic) bond motifs is 2. The molecule has 2 aromatic rings. The fourth-order valence-corrected chi connectivity index (χ4v) is 3.94. The summed E-state index contributed by atoms with van der Waals surface area (Å²) in [6.45, 7) is 3.21. The SMILES string of the molecule is COc1c2c(cc3c1[C@H](CC(=O)c1ccc(C)cc1)[NH+](C)CC3)OCO2. The van der Waals surface area contributed by atoms with Crippen molar-refractivity contribution in [3.63, 3.8) is 0 Å². The smallest absolute Gasteiger partial charge is 0.231 e. The molecule has 5 nitrogen and oxygen atoms in total. The van der Waals surface area contributed by atoms with Crippen LogP contribution in [0.4, 0.5) is 0 Å². The third-order valence-corrected chi connectivity index (χ3v) is 5.44. The molecular weight excluding hydrogens is 330 g/mol. The number of benzene rings is 2. The Bertz CT molecular complexity index is 844.